The van der Waals surface area contributed by atoms with E-state index in [0.29, 0.717) is 36.4 Å². The van der Waals surface area contributed by atoms with E-state index in [1.807, 2.05) is 78.9 Å². The van der Waals surface area contributed by atoms with Gasteiger partial charge in [-0.2, -0.15) is 0 Å². The lowest BCUT2D eigenvalue weighted by Crippen LogP contribution is -2.52. The number of esters is 1. The zero-order chi connectivity index (χ0) is 33.4. The predicted octanol–water partition coefficient (Wildman–Crippen LogP) is 6.56. The van der Waals surface area contributed by atoms with Crippen molar-refractivity contribution in [2.45, 2.75) is 63.8 Å². The molecule has 3 N–H and O–H groups in total. The second kappa shape index (κ2) is 15.1. The van der Waals surface area contributed by atoms with Gasteiger partial charge in [0.05, 0.1) is 6.61 Å². The minimum atomic E-state index is -1.53. The van der Waals surface area contributed by atoms with E-state index in [1.54, 1.807) is 32.9 Å². The van der Waals surface area contributed by atoms with E-state index in [0.717, 1.165) is 20.8 Å². The van der Waals surface area contributed by atoms with Crippen LogP contribution in [-0.4, -0.2) is 47.2 Å². The Morgan fingerprint density at radius 1 is 0.979 bits per heavy atom. The number of hydrazine groups is 1. The average Bonchev–Trinajstić information content (AvgIpc) is 3.44. The molecule has 0 saturated heterocycles. The second-order valence-corrected chi connectivity index (χ2v) is 13.2. The largest absolute Gasteiger partial charge is 0.494 e. The number of aliphatic hydroxyl groups excluding tert-OH is 1. The van der Waals surface area contributed by atoms with Crippen molar-refractivity contribution in [1.29, 1.82) is 0 Å². The van der Waals surface area contributed by atoms with E-state index in [4.69, 9.17) is 24.3 Å². The molecule has 0 aliphatic carbocycles. The Labute approximate surface area is 283 Å². The van der Waals surface area contributed by atoms with E-state index in [1.165, 1.54) is 0 Å². The van der Waals surface area contributed by atoms with Crippen LogP contribution in [0.4, 0.5) is 0 Å². The lowest BCUT2D eigenvalue weighted by molar-refractivity contribution is -0.155. The number of rotatable bonds is 13. The number of carbonyl (C=O) groups is 2. The highest BCUT2D eigenvalue weighted by Gasteiger charge is 2.54. The molecule has 5 rings (SSSR count). The number of carbonyl (C=O) groups excluding carboxylic acids is 2. The summed E-state index contributed by atoms with van der Waals surface area (Å²) in [6, 6.07) is 28.8. The number of fused-ring (bicyclic) bond motifs is 1. The number of nitrogens with zero attached hydrogens (tertiary/aromatic N) is 1. The topological polar surface area (TPSA) is 118 Å². The Morgan fingerprint density at radius 2 is 1.70 bits per heavy atom. The number of ether oxygens (including phenoxy) is 3. The molecule has 4 aromatic rings. The molecule has 0 saturated carbocycles. The summed E-state index contributed by atoms with van der Waals surface area (Å²) in [6.45, 7) is 6.21. The summed E-state index contributed by atoms with van der Waals surface area (Å²) in [4.78, 5) is 32.4. The lowest BCUT2D eigenvalue weighted by atomic mass is 9.83. The molecular formula is C37H40BrN3O6. The summed E-state index contributed by atoms with van der Waals surface area (Å²) in [5.74, 6) is 0.0177. The Hall–Kier alpha value is -4.25. The summed E-state index contributed by atoms with van der Waals surface area (Å²) in [5.41, 5.74) is 6.16. The molecule has 1 aliphatic heterocycles. The third-order valence-corrected chi connectivity index (χ3v) is 8.43. The van der Waals surface area contributed by atoms with E-state index < -0.39 is 29.1 Å². The molecule has 10 heteroatoms. The van der Waals surface area contributed by atoms with Gasteiger partial charge in [0.15, 0.2) is 11.6 Å². The van der Waals surface area contributed by atoms with Gasteiger partial charge < -0.3 is 19.3 Å². The van der Waals surface area contributed by atoms with E-state index in [-0.39, 0.29) is 25.3 Å². The van der Waals surface area contributed by atoms with Crippen LogP contribution in [0.1, 0.15) is 62.8 Å². The molecule has 47 heavy (non-hydrogen) atoms. The minimum Gasteiger partial charge on any atom is -0.494 e. The van der Waals surface area contributed by atoms with Crippen LogP contribution < -0.4 is 15.6 Å². The molecule has 0 fully saturated rings. The predicted molar refractivity (Wildman–Crippen MR) is 185 cm³/mol. The van der Waals surface area contributed by atoms with Crippen molar-refractivity contribution in [1.82, 2.24) is 10.9 Å². The smallest absolute Gasteiger partial charge is 0.306 e. The van der Waals surface area contributed by atoms with Crippen molar-refractivity contribution in [2.24, 2.45) is 4.99 Å². The molecule has 9 nitrogen and oxygen atoms in total. The molecule has 1 heterocycles. The van der Waals surface area contributed by atoms with Crippen LogP contribution in [0.25, 0.3) is 10.8 Å². The Kier molecular flexibility index (Phi) is 11.0. The fraction of sp³-hybridized carbons (Fsp3) is 0.324. The number of aliphatic imine (C=N–C) groups is 1. The van der Waals surface area contributed by atoms with Gasteiger partial charge in [0.1, 0.15) is 11.4 Å². The quantitative estimate of drug-likeness (QED) is 0.0821. The molecule has 246 valence electrons. The van der Waals surface area contributed by atoms with Crippen LogP contribution in [0.3, 0.4) is 0 Å². The minimum absolute atomic E-state index is 0.0293. The van der Waals surface area contributed by atoms with Gasteiger partial charge in [0.25, 0.3) is 5.91 Å². The summed E-state index contributed by atoms with van der Waals surface area (Å²) in [7, 11) is 0. The molecule has 2 atom stereocenters. The van der Waals surface area contributed by atoms with Crippen molar-refractivity contribution >= 4 is 44.5 Å². The van der Waals surface area contributed by atoms with Crippen LogP contribution in [-0.2, 0) is 25.6 Å². The second-order valence-electron chi connectivity index (χ2n) is 12.3. The molecular weight excluding hydrogens is 662 g/mol. The van der Waals surface area contributed by atoms with Crippen LogP contribution in [0, 0.1) is 0 Å². The number of hydrogen-bond acceptors (Lipinski definition) is 8. The van der Waals surface area contributed by atoms with Gasteiger partial charge in [-0.15, -0.1) is 0 Å². The number of nitrogens with one attached hydrogen (secondary N) is 2. The molecule has 0 unspecified atom stereocenters. The van der Waals surface area contributed by atoms with Crippen molar-refractivity contribution in [2.75, 3.05) is 13.2 Å². The first-order valence-corrected chi connectivity index (χ1v) is 16.5. The highest BCUT2D eigenvalue weighted by atomic mass is 79.9. The van der Waals surface area contributed by atoms with E-state index in [2.05, 4.69) is 26.8 Å². The Balaban J connectivity index is 1.48. The fourth-order valence-corrected chi connectivity index (χ4v) is 5.99. The first-order valence-electron chi connectivity index (χ1n) is 15.7. The summed E-state index contributed by atoms with van der Waals surface area (Å²) < 4.78 is 18.6. The number of aliphatic hydroxyl groups is 1. The van der Waals surface area contributed by atoms with Crippen LogP contribution in [0.15, 0.2) is 100 Å². The molecule has 0 spiro atoms. The maximum Gasteiger partial charge on any atom is 0.306 e. The number of halogens is 1. The van der Waals surface area contributed by atoms with Gasteiger partial charge in [-0.1, -0.05) is 76.6 Å². The van der Waals surface area contributed by atoms with Gasteiger partial charge in [0.2, 0.25) is 5.90 Å². The SMILES string of the molecule is CC(C)(C)OC(=O)CC[C@]1(C(=O)NNCc2cccc3ccccc23)N=C(c2ccc(OCCCO)cc2)O[C@H]1c1ccccc1Br. The lowest BCUT2D eigenvalue weighted by Gasteiger charge is -2.31. The number of hydrogen-bond donors (Lipinski definition) is 3. The first kappa shape index (κ1) is 34.1. The maximum absolute atomic E-state index is 14.4. The maximum atomic E-state index is 14.4. The monoisotopic (exact) mass is 701 g/mol. The number of benzene rings is 4. The van der Waals surface area contributed by atoms with Crippen LogP contribution in [0.2, 0.25) is 0 Å². The average molecular weight is 703 g/mol. The highest BCUT2D eigenvalue weighted by molar-refractivity contribution is 9.10. The van der Waals surface area contributed by atoms with Crippen molar-refractivity contribution < 1.29 is 28.9 Å². The summed E-state index contributed by atoms with van der Waals surface area (Å²) in [6.07, 6.45) is -0.376. The van der Waals surface area contributed by atoms with Gasteiger partial charge in [0, 0.05) is 41.6 Å². The van der Waals surface area contributed by atoms with Crippen LogP contribution in [0.5, 0.6) is 5.75 Å². The molecule has 0 bridgehead atoms. The molecule has 1 aliphatic rings. The van der Waals surface area contributed by atoms with Gasteiger partial charge in [-0.3, -0.25) is 15.0 Å². The third kappa shape index (κ3) is 8.38. The van der Waals surface area contributed by atoms with Crippen molar-refractivity contribution in [3.8, 4) is 5.75 Å². The third-order valence-electron chi connectivity index (χ3n) is 7.71. The highest BCUT2D eigenvalue weighted by Crippen LogP contribution is 2.45. The van der Waals surface area contributed by atoms with Crippen LogP contribution >= 0.6 is 15.9 Å². The molecule has 4 aromatic carbocycles. The number of amides is 1. The summed E-state index contributed by atoms with van der Waals surface area (Å²) >= 11 is 3.64. The van der Waals surface area contributed by atoms with Gasteiger partial charge in [-0.25, -0.2) is 10.4 Å². The summed E-state index contributed by atoms with van der Waals surface area (Å²) in [5, 5.41) is 11.3. The standard InChI is InChI=1S/C37H40BrN3O6/c1-36(2,3)47-32(43)20-21-37(35(44)41-39-24-27-12-8-11-25-10-4-5-13-29(25)27)33(30-14-6-7-15-31(30)38)46-34(40-37)26-16-18-28(19-17-26)45-23-9-22-42/h4-8,10-19,33,39,42H,9,20-24H2,1-3H3,(H,41,44)/t33-,37-/m0/s1. The van der Waals surface area contributed by atoms with E-state index in [9.17, 15) is 9.59 Å². The molecule has 0 radical (unpaired) electrons. The Bertz CT molecular complexity index is 1730. The Morgan fingerprint density at radius 3 is 2.45 bits per heavy atom. The molecule has 1 amide bonds. The van der Waals surface area contributed by atoms with Crippen molar-refractivity contribution in [3.63, 3.8) is 0 Å². The first-order chi connectivity index (χ1) is 22.6. The fourth-order valence-electron chi connectivity index (χ4n) is 5.49. The zero-order valence-electron chi connectivity index (χ0n) is 26.8. The zero-order valence-corrected chi connectivity index (χ0v) is 28.4. The van der Waals surface area contributed by atoms with E-state index >= 15 is 0 Å². The van der Waals surface area contributed by atoms with Crippen molar-refractivity contribution in [3.05, 3.63) is 112 Å². The van der Waals surface area contributed by atoms with Gasteiger partial charge in [-0.05, 0) is 73.9 Å². The normalized spacial score (nSPS) is 17.6. The molecule has 0 aromatic heterocycles. The van der Waals surface area contributed by atoms with Gasteiger partial charge >= 0.3 is 5.97 Å².